The van der Waals surface area contributed by atoms with E-state index in [0.717, 1.165) is 19.3 Å². The number of carboxylic acids is 1. The lowest BCUT2D eigenvalue weighted by atomic mass is 10.1. The van der Waals surface area contributed by atoms with Crippen molar-refractivity contribution in [1.82, 2.24) is 10.2 Å². The maximum absolute atomic E-state index is 12.3. The van der Waals surface area contributed by atoms with Crippen molar-refractivity contribution in [2.24, 2.45) is 5.92 Å². The average Bonchev–Trinajstić information content (AvgIpc) is 3.30. The Morgan fingerprint density at radius 1 is 1.20 bits per heavy atom. The van der Waals surface area contributed by atoms with Crippen LogP contribution in [0.15, 0.2) is 0 Å². The molecule has 1 heterocycles. The molecule has 3 rings (SSSR count). The SMILES string of the molecule is O=C(O)CCN(C(=O)NC1CCOC1C1CC1)C1CC1. The zero-order chi connectivity index (χ0) is 14.1. The third-order valence-electron chi connectivity index (χ3n) is 4.35. The second kappa shape index (κ2) is 5.60. The molecule has 2 atom stereocenters. The quantitative estimate of drug-likeness (QED) is 0.767. The van der Waals surface area contributed by atoms with Crippen molar-refractivity contribution >= 4 is 12.0 Å². The van der Waals surface area contributed by atoms with Crippen LogP contribution in [0.5, 0.6) is 0 Å². The summed E-state index contributed by atoms with van der Waals surface area (Å²) in [5.74, 6) is -0.250. The Hall–Kier alpha value is -1.30. The molecule has 6 nitrogen and oxygen atoms in total. The number of amides is 2. The van der Waals surface area contributed by atoms with Crippen molar-refractivity contribution in [2.45, 2.75) is 56.7 Å². The van der Waals surface area contributed by atoms with E-state index in [-0.39, 0.29) is 30.6 Å². The molecule has 2 amide bonds. The zero-order valence-corrected chi connectivity index (χ0v) is 11.6. The molecule has 112 valence electrons. The molecule has 0 aromatic rings. The molecular formula is C14H22N2O4. The van der Waals surface area contributed by atoms with Crippen LogP contribution < -0.4 is 5.32 Å². The molecule has 0 spiro atoms. The second-order valence-corrected chi connectivity index (χ2v) is 6.09. The van der Waals surface area contributed by atoms with E-state index in [1.54, 1.807) is 4.90 Å². The molecule has 2 aliphatic carbocycles. The predicted octanol–water partition coefficient (Wildman–Crippen LogP) is 1.20. The summed E-state index contributed by atoms with van der Waals surface area (Å²) < 4.78 is 5.72. The van der Waals surface area contributed by atoms with Gasteiger partial charge in [0.05, 0.1) is 18.6 Å². The van der Waals surface area contributed by atoms with E-state index < -0.39 is 5.97 Å². The highest BCUT2D eigenvalue weighted by Gasteiger charge is 2.42. The maximum atomic E-state index is 12.3. The van der Waals surface area contributed by atoms with E-state index in [1.165, 1.54) is 12.8 Å². The largest absolute Gasteiger partial charge is 0.481 e. The molecule has 0 bridgehead atoms. The Morgan fingerprint density at radius 2 is 1.95 bits per heavy atom. The van der Waals surface area contributed by atoms with E-state index in [9.17, 15) is 9.59 Å². The van der Waals surface area contributed by atoms with Gasteiger partial charge in [0.2, 0.25) is 0 Å². The Bertz CT molecular complexity index is 393. The summed E-state index contributed by atoms with van der Waals surface area (Å²) in [5, 5.41) is 11.8. The number of aliphatic carboxylic acids is 1. The lowest BCUT2D eigenvalue weighted by molar-refractivity contribution is -0.137. The third-order valence-corrected chi connectivity index (χ3v) is 4.35. The molecule has 3 aliphatic rings. The van der Waals surface area contributed by atoms with Gasteiger partial charge in [0.1, 0.15) is 0 Å². The first kappa shape index (κ1) is 13.7. The number of nitrogens with one attached hydrogen (secondary N) is 1. The number of rotatable bonds is 6. The standard InChI is InChI=1S/C14H22N2O4/c17-12(18)5-7-16(10-3-4-10)14(19)15-11-6-8-20-13(11)9-1-2-9/h9-11,13H,1-8H2,(H,15,19)(H,17,18). The number of carbonyl (C=O) groups excluding carboxylic acids is 1. The minimum Gasteiger partial charge on any atom is -0.481 e. The van der Waals surface area contributed by atoms with Crippen LogP contribution in [-0.2, 0) is 9.53 Å². The average molecular weight is 282 g/mol. The topological polar surface area (TPSA) is 78.9 Å². The zero-order valence-electron chi connectivity index (χ0n) is 11.6. The van der Waals surface area contributed by atoms with Gasteiger partial charge in [-0.3, -0.25) is 4.79 Å². The smallest absolute Gasteiger partial charge is 0.317 e. The highest BCUT2D eigenvalue weighted by Crippen LogP contribution is 2.39. The van der Waals surface area contributed by atoms with Gasteiger partial charge >= 0.3 is 12.0 Å². The summed E-state index contributed by atoms with van der Waals surface area (Å²) in [7, 11) is 0. The highest BCUT2D eigenvalue weighted by molar-refractivity contribution is 5.76. The van der Waals surface area contributed by atoms with Gasteiger partial charge in [-0.2, -0.15) is 0 Å². The first-order valence-electron chi connectivity index (χ1n) is 7.55. The van der Waals surface area contributed by atoms with Gasteiger partial charge in [0.15, 0.2) is 0 Å². The summed E-state index contributed by atoms with van der Waals surface area (Å²) in [6, 6.07) is 0.215. The lowest BCUT2D eigenvalue weighted by Crippen LogP contribution is -2.49. The van der Waals surface area contributed by atoms with Crippen molar-refractivity contribution in [2.75, 3.05) is 13.2 Å². The first-order valence-corrected chi connectivity index (χ1v) is 7.55. The molecule has 2 N–H and O–H groups in total. The van der Waals surface area contributed by atoms with E-state index in [1.807, 2.05) is 0 Å². The summed E-state index contributed by atoms with van der Waals surface area (Å²) in [5.41, 5.74) is 0. The van der Waals surface area contributed by atoms with Crippen LogP contribution in [0.1, 0.15) is 38.5 Å². The molecule has 6 heteroatoms. The van der Waals surface area contributed by atoms with Crippen LogP contribution in [-0.4, -0.2) is 53.3 Å². The minimum absolute atomic E-state index is 0.0111. The molecule has 1 aliphatic heterocycles. The van der Waals surface area contributed by atoms with Crippen molar-refractivity contribution in [3.8, 4) is 0 Å². The van der Waals surface area contributed by atoms with Gasteiger partial charge in [0.25, 0.3) is 0 Å². The van der Waals surface area contributed by atoms with Crippen molar-refractivity contribution < 1.29 is 19.4 Å². The van der Waals surface area contributed by atoms with Gasteiger partial charge in [-0.15, -0.1) is 0 Å². The molecular weight excluding hydrogens is 260 g/mol. The van der Waals surface area contributed by atoms with E-state index in [4.69, 9.17) is 9.84 Å². The van der Waals surface area contributed by atoms with Gasteiger partial charge in [-0.1, -0.05) is 0 Å². The van der Waals surface area contributed by atoms with Gasteiger partial charge in [-0.05, 0) is 38.0 Å². The monoisotopic (exact) mass is 282 g/mol. The fraction of sp³-hybridized carbons (Fsp3) is 0.857. The number of carbonyl (C=O) groups is 2. The Balaban J connectivity index is 1.54. The Morgan fingerprint density at radius 3 is 2.55 bits per heavy atom. The van der Waals surface area contributed by atoms with E-state index in [2.05, 4.69) is 5.32 Å². The fourth-order valence-electron chi connectivity index (χ4n) is 2.95. The maximum Gasteiger partial charge on any atom is 0.317 e. The molecule has 0 aromatic heterocycles. The van der Waals surface area contributed by atoms with Crippen molar-refractivity contribution in [3.63, 3.8) is 0 Å². The summed E-state index contributed by atoms with van der Waals surface area (Å²) in [6.07, 6.45) is 5.41. The number of ether oxygens (including phenoxy) is 1. The Kier molecular flexibility index (Phi) is 3.83. The molecule has 20 heavy (non-hydrogen) atoms. The van der Waals surface area contributed by atoms with Crippen molar-refractivity contribution in [3.05, 3.63) is 0 Å². The molecule has 2 saturated carbocycles. The lowest BCUT2D eigenvalue weighted by Gasteiger charge is -2.26. The fourth-order valence-corrected chi connectivity index (χ4v) is 2.95. The van der Waals surface area contributed by atoms with Gasteiger partial charge in [-0.25, -0.2) is 4.79 Å². The van der Waals surface area contributed by atoms with Crippen LogP contribution in [0.25, 0.3) is 0 Å². The van der Waals surface area contributed by atoms with Gasteiger partial charge in [0, 0.05) is 19.2 Å². The van der Waals surface area contributed by atoms with Crippen LogP contribution in [0, 0.1) is 5.92 Å². The van der Waals surface area contributed by atoms with E-state index in [0.29, 0.717) is 19.1 Å². The number of urea groups is 1. The molecule has 0 aromatic carbocycles. The summed E-state index contributed by atoms with van der Waals surface area (Å²) >= 11 is 0. The number of hydrogen-bond donors (Lipinski definition) is 2. The summed E-state index contributed by atoms with van der Waals surface area (Å²) in [6.45, 7) is 1.01. The number of carboxylic acid groups (broad SMARTS) is 1. The van der Waals surface area contributed by atoms with Crippen LogP contribution in [0.3, 0.4) is 0 Å². The van der Waals surface area contributed by atoms with Crippen molar-refractivity contribution in [1.29, 1.82) is 0 Å². The number of nitrogens with zero attached hydrogens (tertiary/aromatic N) is 1. The third kappa shape index (κ3) is 3.23. The van der Waals surface area contributed by atoms with Crippen LogP contribution in [0.2, 0.25) is 0 Å². The predicted molar refractivity (Wildman–Crippen MR) is 71.4 cm³/mol. The second-order valence-electron chi connectivity index (χ2n) is 6.09. The first-order chi connectivity index (χ1) is 9.65. The number of hydrogen-bond acceptors (Lipinski definition) is 3. The minimum atomic E-state index is -0.858. The van der Waals surface area contributed by atoms with E-state index >= 15 is 0 Å². The Labute approximate surface area is 118 Å². The van der Waals surface area contributed by atoms with Crippen LogP contribution in [0.4, 0.5) is 4.79 Å². The summed E-state index contributed by atoms with van der Waals surface area (Å²) in [4.78, 5) is 24.7. The molecule has 2 unspecified atom stereocenters. The molecule has 3 fully saturated rings. The molecule has 1 saturated heterocycles. The normalized spacial score (nSPS) is 29.2. The highest BCUT2D eigenvalue weighted by atomic mass is 16.5. The molecule has 0 radical (unpaired) electrons. The van der Waals surface area contributed by atoms with Crippen LogP contribution >= 0.6 is 0 Å². The van der Waals surface area contributed by atoms with Gasteiger partial charge < -0.3 is 20.1 Å².